The van der Waals surface area contributed by atoms with Crippen molar-refractivity contribution in [2.45, 2.75) is 6.92 Å². The highest BCUT2D eigenvalue weighted by Crippen LogP contribution is 2.04. The topological polar surface area (TPSA) is 124 Å². The average molecular weight is 235 g/mol. The molecule has 0 atom stereocenters. The standard InChI is InChI=1S/C9H9N5O3/c1-4-2-6(14-13-4)11-8(16)5-3-7(15)12-9(17)10-5/h2-3H,1H3,(H2,10,12,15,17)(H2,11,13,14,16). The van der Waals surface area contributed by atoms with Gasteiger partial charge < -0.3 is 10.3 Å². The summed E-state index contributed by atoms with van der Waals surface area (Å²) < 4.78 is 0. The van der Waals surface area contributed by atoms with E-state index in [9.17, 15) is 14.4 Å². The summed E-state index contributed by atoms with van der Waals surface area (Å²) in [6.45, 7) is 1.78. The number of aryl methyl sites for hydroxylation is 1. The second-order valence-electron chi connectivity index (χ2n) is 3.39. The lowest BCUT2D eigenvalue weighted by molar-refractivity contribution is 0.102. The van der Waals surface area contributed by atoms with E-state index in [2.05, 4.69) is 20.5 Å². The summed E-state index contributed by atoms with van der Waals surface area (Å²) in [6.07, 6.45) is 0. The molecule has 17 heavy (non-hydrogen) atoms. The Kier molecular flexibility index (Phi) is 2.61. The van der Waals surface area contributed by atoms with E-state index < -0.39 is 17.2 Å². The number of aromatic amines is 3. The molecule has 1 amide bonds. The molecular weight excluding hydrogens is 226 g/mol. The van der Waals surface area contributed by atoms with Crippen molar-refractivity contribution < 1.29 is 4.79 Å². The monoisotopic (exact) mass is 235 g/mol. The van der Waals surface area contributed by atoms with Crippen molar-refractivity contribution in [3.8, 4) is 0 Å². The molecule has 0 unspecified atom stereocenters. The molecule has 2 aromatic rings. The molecule has 0 saturated carbocycles. The normalized spacial score (nSPS) is 10.2. The fraction of sp³-hybridized carbons (Fsp3) is 0.111. The fourth-order valence-corrected chi connectivity index (χ4v) is 1.26. The average Bonchev–Trinajstić information content (AvgIpc) is 2.62. The molecule has 0 aromatic carbocycles. The van der Waals surface area contributed by atoms with Gasteiger partial charge in [-0.3, -0.25) is 19.7 Å². The first-order valence-electron chi connectivity index (χ1n) is 4.71. The van der Waals surface area contributed by atoms with Gasteiger partial charge in [-0.15, -0.1) is 0 Å². The second-order valence-corrected chi connectivity index (χ2v) is 3.39. The van der Waals surface area contributed by atoms with Crippen LogP contribution < -0.4 is 16.6 Å². The lowest BCUT2D eigenvalue weighted by Crippen LogP contribution is -2.27. The summed E-state index contributed by atoms with van der Waals surface area (Å²) in [5.41, 5.74) is -0.725. The van der Waals surface area contributed by atoms with Crippen LogP contribution in [-0.2, 0) is 0 Å². The molecular formula is C9H9N5O3. The van der Waals surface area contributed by atoms with Crippen LogP contribution in [0.4, 0.5) is 5.82 Å². The number of aromatic nitrogens is 4. The number of H-pyrrole nitrogens is 3. The van der Waals surface area contributed by atoms with Crippen LogP contribution in [-0.4, -0.2) is 26.1 Å². The maximum absolute atomic E-state index is 11.6. The number of rotatable bonds is 2. The molecule has 8 nitrogen and oxygen atoms in total. The van der Waals surface area contributed by atoms with Crippen molar-refractivity contribution in [2.75, 3.05) is 5.32 Å². The molecule has 0 fully saturated rings. The van der Waals surface area contributed by atoms with Crippen LogP contribution in [0.1, 0.15) is 16.2 Å². The highest BCUT2D eigenvalue weighted by molar-refractivity contribution is 6.02. The largest absolute Gasteiger partial charge is 0.326 e. The van der Waals surface area contributed by atoms with Crippen LogP contribution in [0.25, 0.3) is 0 Å². The minimum absolute atomic E-state index is 0.126. The molecule has 2 aromatic heterocycles. The first-order valence-corrected chi connectivity index (χ1v) is 4.71. The molecule has 0 saturated heterocycles. The van der Waals surface area contributed by atoms with Crippen LogP contribution >= 0.6 is 0 Å². The number of amides is 1. The number of anilines is 1. The van der Waals surface area contributed by atoms with Crippen LogP contribution in [0.3, 0.4) is 0 Å². The van der Waals surface area contributed by atoms with Crippen LogP contribution in [0.2, 0.25) is 0 Å². The highest BCUT2D eigenvalue weighted by Gasteiger charge is 2.09. The van der Waals surface area contributed by atoms with Crippen LogP contribution in [0.5, 0.6) is 0 Å². The molecule has 0 aliphatic heterocycles. The van der Waals surface area contributed by atoms with E-state index in [1.165, 1.54) is 0 Å². The first kappa shape index (κ1) is 10.9. The summed E-state index contributed by atoms with van der Waals surface area (Å²) >= 11 is 0. The third kappa shape index (κ3) is 2.48. The number of nitrogens with one attached hydrogen (secondary N) is 4. The maximum atomic E-state index is 11.6. The lowest BCUT2D eigenvalue weighted by atomic mass is 10.3. The molecule has 0 aliphatic carbocycles. The quantitative estimate of drug-likeness (QED) is 0.552. The summed E-state index contributed by atoms with van der Waals surface area (Å²) in [4.78, 5) is 37.8. The number of carbonyl (C=O) groups excluding carboxylic acids is 1. The van der Waals surface area contributed by atoms with E-state index in [4.69, 9.17) is 0 Å². The van der Waals surface area contributed by atoms with Gasteiger partial charge in [-0.2, -0.15) is 5.10 Å². The van der Waals surface area contributed by atoms with Crippen molar-refractivity contribution in [1.29, 1.82) is 0 Å². The van der Waals surface area contributed by atoms with Gasteiger partial charge in [-0.1, -0.05) is 0 Å². The van der Waals surface area contributed by atoms with Gasteiger partial charge >= 0.3 is 5.69 Å². The lowest BCUT2D eigenvalue weighted by Gasteiger charge is -1.99. The van der Waals surface area contributed by atoms with Crippen LogP contribution in [0.15, 0.2) is 21.7 Å². The van der Waals surface area contributed by atoms with E-state index in [1.807, 2.05) is 4.98 Å². The molecule has 0 aliphatic rings. The van der Waals surface area contributed by atoms with Gasteiger partial charge in [-0.25, -0.2) is 4.79 Å². The van der Waals surface area contributed by atoms with Gasteiger partial charge in [0.15, 0.2) is 5.82 Å². The van der Waals surface area contributed by atoms with Crippen molar-refractivity contribution >= 4 is 11.7 Å². The van der Waals surface area contributed by atoms with E-state index in [1.54, 1.807) is 13.0 Å². The summed E-state index contributed by atoms with van der Waals surface area (Å²) in [6, 6.07) is 2.61. The second kappa shape index (κ2) is 4.08. The molecule has 4 N–H and O–H groups in total. The van der Waals surface area contributed by atoms with Gasteiger partial charge in [0.2, 0.25) is 0 Å². The van der Waals surface area contributed by atoms with Gasteiger partial charge in [0, 0.05) is 17.8 Å². The molecule has 8 heteroatoms. The van der Waals surface area contributed by atoms with Crippen molar-refractivity contribution in [2.24, 2.45) is 0 Å². The summed E-state index contributed by atoms with van der Waals surface area (Å²) in [5, 5.41) is 8.86. The van der Waals surface area contributed by atoms with Crippen LogP contribution in [0, 0.1) is 6.92 Å². The van der Waals surface area contributed by atoms with Gasteiger partial charge in [-0.05, 0) is 6.92 Å². The Bertz CT molecular complexity index is 637. The zero-order valence-corrected chi connectivity index (χ0v) is 8.83. The highest BCUT2D eigenvalue weighted by atomic mass is 16.2. The van der Waals surface area contributed by atoms with E-state index in [-0.39, 0.29) is 5.69 Å². The van der Waals surface area contributed by atoms with Crippen molar-refractivity contribution in [3.05, 3.63) is 44.4 Å². The molecule has 2 heterocycles. The minimum atomic E-state index is -0.735. The maximum Gasteiger partial charge on any atom is 0.326 e. The van der Waals surface area contributed by atoms with Gasteiger partial charge in [0.1, 0.15) is 5.69 Å². The predicted octanol–water partition coefficient (Wildman–Crippen LogP) is -0.653. The smallest absolute Gasteiger partial charge is 0.304 e. The van der Waals surface area contributed by atoms with E-state index in [0.29, 0.717) is 5.82 Å². The Morgan fingerprint density at radius 2 is 2.06 bits per heavy atom. The number of nitrogens with zero attached hydrogens (tertiary/aromatic N) is 1. The Hall–Kier alpha value is -2.64. The molecule has 0 bridgehead atoms. The number of hydrogen-bond acceptors (Lipinski definition) is 4. The third-order valence-electron chi connectivity index (χ3n) is 1.95. The van der Waals surface area contributed by atoms with Crippen molar-refractivity contribution in [3.63, 3.8) is 0 Å². The number of carbonyl (C=O) groups is 1. The Morgan fingerprint density at radius 1 is 1.29 bits per heavy atom. The first-order chi connectivity index (χ1) is 8.04. The Morgan fingerprint density at radius 3 is 2.65 bits per heavy atom. The Balaban J connectivity index is 2.26. The SMILES string of the molecule is Cc1cc(NC(=O)c2cc(=O)[nH]c(=O)[nH]2)n[nH]1. The molecule has 0 radical (unpaired) electrons. The van der Waals surface area contributed by atoms with E-state index >= 15 is 0 Å². The Labute approximate surface area is 94.1 Å². The molecule has 88 valence electrons. The summed E-state index contributed by atoms with van der Waals surface area (Å²) in [7, 11) is 0. The van der Waals surface area contributed by atoms with Gasteiger partial charge in [0.05, 0.1) is 0 Å². The fourth-order valence-electron chi connectivity index (χ4n) is 1.26. The predicted molar refractivity (Wildman–Crippen MR) is 59.0 cm³/mol. The molecule has 0 spiro atoms. The number of hydrogen-bond donors (Lipinski definition) is 4. The van der Waals surface area contributed by atoms with E-state index in [0.717, 1.165) is 11.8 Å². The van der Waals surface area contributed by atoms with Crippen molar-refractivity contribution in [1.82, 2.24) is 20.2 Å². The summed E-state index contributed by atoms with van der Waals surface area (Å²) in [5.74, 6) is -0.298. The zero-order chi connectivity index (χ0) is 12.4. The third-order valence-corrected chi connectivity index (χ3v) is 1.95. The molecule has 2 rings (SSSR count). The minimum Gasteiger partial charge on any atom is -0.304 e. The zero-order valence-electron chi connectivity index (χ0n) is 8.83. The van der Waals surface area contributed by atoms with Gasteiger partial charge in [0.25, 0.3) is 11.5 Å².